The Morgan fingerprint density at radius 2 is 1.67 bits per heavy atom. The minimum Gasteiger partial charge on any atom is -0.375 e. The van der Waals surface area contributed by atoms with E-state index >= 15 is 0 Å². The third kappa shape index (κ3) is 1.45. The summed E-state index contributed by atoms with van der Waals surface area (Å²) in [6.07, 6.45) is 8.33. The van der Waals surface area contributed by atoms with Crippen LogP contribution in [0, 0.1) is 23.7 Å². The Bertz CT molecular complexity index is 243. The van der Waals surface area contributed by atoms with Crippen molar-refractivity contribution in [2.75, 3.05) is 13.2 Å². The zero-order valence-electron chi connectivity index (χ0n) is 9.23. The third-order valence-electron chi connectivity index (χ3n) is 5.26. The van der Waals surface area contributed by atoms with E-state index in [-0.39, 0.29) is 0 Å². The van der Waals surface area contributed by atoms with Crippen molar-refractivity contribution in [2.24, 2.45) is 23.7 Å². The Hall–Kier alpha value is -0.0800. The molecule has 0 amide bonds. The van der Waals surface area contributed by atoms with E-state index in [2.05, 4.69) is 0 Å². The second kappa shape index (κ2) is 3.21. The average molecular weight is 208 g/mol. The van der Waals surface area contributed by atoms with E-state index < -0.39 is 0 Å². The van der Waals surface area contributed by atoms with Gasteiger partial charge in [0.2, 0.25) is 0 Å². The van der Waals surface area contributed by atoms with Gasteiger partial charge in [-0.15, -0.1) is 0 Å². The van der Waals surface area contributed by atoms with Crippen LogP contribution in [0.2, 0.25) is 0 Å². The van der Waals surface area contributed by atoms with Gasteiger partial charge in [0.1, 0.15) is 6.10 Å². The fourth-order valence-corrected chi connectivity index (χ4v) is 4.51. The molecule has 15 heavy (non-hydrogen) atoms. The van der Waals surface area contributed by atoms with Crippen LogP contribution in [0.5, 0.6) is 0 Å². The van der Waals surface area contributed by atoms with Crippen molar-refractivity contribution in [1.29, 1.82) is 0 Å². The van der Waals surface area contributed by atoms with E-state index in [1.54, 1.807) is 6.42 Å². The Morgan fingerprint density at radius 3 is 2.27 bits per heavy atom. The van der Waals surface area contributed by atoms with Crippen LogP contribution < -0.4 is 0 Å². The summed E-state index contributed by atoms with van der Waals surface area (Å²) in [5.74, 6) is 4.22. The number of fused-ring (bicyclic) bond motifs is 5. The average Bonchev–Trinajstić information content (AvgIpc) is 2.72. The molecule has 4 rings (SSSR count). The fraction of sp³-hybridized carbons (Fsp3) is 1.00. The first-order valence-electron chi connectivity index (χ1n) is 6.63. The predicted molar refractivity (Wildman–Crippen MR) is 56.5 cm³/mol. The lowest BCUT2D eigenvalue weighted by Gasteiger charge is -2.23. The maximum Gasteiger partial charge on any atom is 0.104 e. The van der Waals surface area contributed by atoms with E-state index in [0.29, 0.717) is 12.2 Å². The molecule has 84 valence electrons. The van der Waals surface area contributed by atoms with Crippen LogP contribution >= 0.6 is 0 Å². The van der Waals surface area contributed by atoms with Gasteiger partial charge in [-0.05, 0) is 55.8 Å². The second-order valence-corrected chi connectivity index (χ2v) is 6.04. The summed E-state index contributed by atoms with van der Waals surface area (Å²) in [4.78, 5) is 0. The minimum atomic E-state index is 0.446. The molecule has 3 saturated carbocycles. The molecule has 1 heterocycles. The van der Waals surface area contributed by atoms with Gasteiger partial charge >= 0.3 is 0 Å². The highest BCUT2D eigenvalue weighted by Crippen LogP contribution is 2.59. The molecule has 0 spiro atoms. The molecule has 4 aliphatic rings. The topological polar surface area (TPSA) is 21.8 Å². The van der Waals surface area contributed by atoms with Crippen molar-refractivity contribution in [3.05, 3.63) is 0 Å². The van der Waals surface area contributed by atoms with Crippen LogP contribution in [0.4, 0.5) is 0 Å². The lowest BCUT2D eigenvalue weighted by Crippen LogP contribution is -2.15. The summed E-state index contributed by atoms with van der Waals surface area (Å²) in [5, 5.41) is 0. The largest absolute Gasteiger partial charge is 0.375 e. The summed E-state index contributed by atoms with van der Waals surface area (Å²) in [7, 11) is 0. The smallest absolute Gasteiger partial charge is 0.104 e. The van der Waals surface area contributed by atoms with Gasteiger partial charge in [0.05, 0.1) is 19.3 Å². The molecule has 0 N–H and O–H groups in total. The van der Waals surface area contributed by atoms with E-state index in [1.165, 1.54) is 25.7 Å². The molecule has 0 aromatic heterocycles. The summed E-state index contributed by atoms with van der Waals surface area (Å²) in [6, 6.07) is 0. The van der Waals surface area contributed by atoms with Gasteiger partial charge in [-0.25, -0.2) is 0 Å². The standard InChI is InChI=1S/C13H20O2/c1-2-9-3-8(1)12-4-10(5-13(9)12)14-6-11-7-15-11/h8-13H,1-7H2/t8?,9?,10?,11?,12-,13?/m1/s1. The third-order valence-corrected chi connectivity index (χ3v) is 5.26. The van der Waals surface area contributed by atoms with Gasteiger partial charge in [0, 0.05) is 0 Å². The van der Waals surface area contributed by atoms with Gasteiger partial charge in [-0.1, -0.05) is 0 Å². The number of hydrogen-bond acceptors (Lipinski definition) is 2. The lowest BCUT2D eigenvalue weighted by atomic mass is 9.82. The lowest BCUT2D eigenvalue weighted by molar-refractivity contribution is 0.0402. The molecular formula is C13H20O2. The molecule has 3 aliphatic carbocycles. The van der Waals surface area contributed by atoms with Crippen molar-refractivity contribution < 1.29 is 9.47 Å². The first-order chi connectivity index (χ1) is 7.40. The quantitative estimate of drug-likeness (QED) is 0.663. The normalized spacial score (nSPS) is 56.0. The zero-order chi connectivity index (χ0) is 9.83. The SMILES string of the molecule is C1OC1COC1CC2C3CCC(C3)[C@H]2C1. The van der Waals surface area contributed by atoms with Crippen LogP contribution in [0.1, 0.15) is 32.1 Å². The van der Waals surface area contributed by atoms with Crippen molar-refractivity contribution in [2.45, 2.75) is 44.3 Å². The minimum absolute atomic E-state index is 0.446. The van der Waals surface area contributed by atoms with Gasteiger partial charge < -0.3 is 9.47 Å². The van der Waals surface area contributed by atoms with Crippen LogP contribution in [-0.4, -0.2) is 25.4 Å². The molecule has 4 fully saturated rings. The van der Waals surface area contributed by atoms with Crippen molar-refractivity contribution >= 4 is 0 Å². The van der Waals surface area contributed by atoms with Gasteiger partial charge in [-0.2, -0.15) is 0 Å². The molecule has 6 atom stereocenters. The van der Waals surface area contributed by atoms with Crippen LogP contribution in [0.15, 0.2) is 0 Å². The van der Waals surface area contributed by atoms with Crippen LogP contribution in [-0.2, 0) is 9.47 Å². The molecule has 0 radical (unpaired) electrons. The molecule has 1 saturated heterocycles. The van der Waals surface area contributed by atoms with Crippen molar-refractivity contribution in [1.82, 2.24) is 0 Å². The Labute approximate surface area is 91.3 Å². The summed E-state index contributed by atoms with van der Waals surface area (Å²) >= 11 is 0. The molecule has 0 aromatic rings. The van der Waals surface area contributed by atoms with E-state index in [0.717, 1.165) is 36.9 Å². The number of hydrogen-bond donors (Lipinski definition) is 0. The van der Waals surface area contributed by atoms with Gasteiger partial charge in [0.15, 0.2) is 0 Å². The summed E-state index contributed by atoms with van der Waals surface area (Å²) in [5.41, 5.74) is 0. The maximum absolute atomic E-state index is 5.96. The van der Waals surface area contributed by atoms with Crippen molar-refractivity contribution in [3.8, 4) is 0 Å². The number of epoxide rings is 1. The van der Waals surface area contributed by atoms with Gasteiger partial charge in [0.25, 0.3) is 0 Å². The molecule has 2 bridgehead atoms. The highest BCUT2D eigenvalue weighted by molar-refractivity contribution is 5.01. The zero-order valence-corrected chi connectivity index (χ0v) is 9.23. The van der Waals surface area contributed by atoms with Crippen LogP contribution in [0.3, 0.4) is 0 Å². The maximum atomic E-state index is 5.96. The van der Waals surface area contributed by atoms with Gasteiger partial charge in [-0.3, -0.25) is 0 Å². The number of ether oxygens (including phenoxy) is 2. The van der Waals surface area contributed by atoms with Crippen LogP contribution in [0.25, 0.3) is 0 Å². The molecule has 2 heteroatoms. The summed E-state index contributed by atoms with van der Waals surface area (Å²) < 4.78 is 11.2. The molecule has 2 nitrogen and oxygen atoms in total. The predicted octanol–water partition coefficient (Wildman–Crippen LogP) is 2.23. The Balaban J connectivity index is 1.37. The molecular weight excluding hydrogens is 188 g/mol. The summed E-state index contributed by atoms with van der Waals surface area (Å²) in [6.45, 7) is 1.80. The first kappa shape index (κ1) is 9.00. The highest BCUT2D eigenvalue weighted by Gasteiger charge is 2.52. The highest BCUT2D eigenvalue weighted by atomic mass is 16.6. The molecule has 5 unspecified atom stereocenters. The second-order valence-electron chi connectivity index (χ2n) is 6.04. The first-order valence-corrected chi connectivity index (χ1v) is 6.63. The van der Waals surface area contributed by atoms with E-state index in [1.807, 2.05) is 0 Å². The Kier molecular flexibility index (Phi) is 1.92. The number of rotatable bonds is 3. The monoisotopic (exact) mass is 208 g/mol. The fourth-order valence-electron chi connectivity index (χ4n) is 4.51. The van der Waals surface area contributed by atoms with E-state index in [9.17, 15) is 0 Å². The van der Waals surface area contributed by atoms with E-state index in [4.69, 9.17) is 9.47 Å². The van der Waals surface area contributed by atoms with Crippen molar-refractivity contribution in [3.63, 3.8) is 0 Å². The Morgan fingerprint density at radius 1 is 1.00 bits per heavy atom. The molecule has 1 aliphatic heterocycles. The molecule has 0 aromatic carbocycles.